The van der Waals surface area contributed by atoms with Gasteiger partial charge in [0.2, 0.25) is 10.0 Å². The van der Waals surface area contributed by atoms with Gasteiger partial charge in [0, 0.05) is 12.1 Å². The molecule has 126 valence electrons. The lowest BCUT2D eigenvalue weighted by molar-refractivity contribution is -0.119. The highest BCUT2D eigenvalue weighted by Crippen LogP contribution is 2.52. The van der Waals surface area contributed by atoms with Crippen molar-refractivity contribution in [3.05, 3.63) is 23.8 Å². The van der Waals surface area contributed by atoms with Crippen LogP contribution in [0.25, 0.3) is 0 Å². The van der Waals surface area contributed by atoms with E-state index in [0.29, 0.717) is 24.4 Å². The van der Waals surface area contributed by atoms with Gasteiger partial charge in [0.25, 0.3) is 5.91 Å². The van der Waals surface area contributed by atoms with Crippen LogP contribution in [0.5, 0.6) is 5.75 Å². The highest BCUT2D eigenvalue weighted by molar-refractivity contribution is 7.94. The summed E-state index contributed by atoms with van der Waals surface area (Å²) in [6.45, 7) is 4.05. The lowest BCUT2D eigenvalue weighted by Crippen LogP contribution is -2.42. The van der Waals surface area contributed by atoms with Crippen LogP contribution in [0, 0.1) is 5.92 Å². The van der Waals surface area contributed by atoms with Crippen molar-refractivity contribution in [1.29, 1.82) is 0 Å². The molecule has 2 atom stereocenters. The lowest BCUT2D eigenvalue weighted by Gasteiger charge is -2.33. The van der Waals surface area contributed by atoms with Gasteiger partial charge >= 0.3 is 0 Å². The van der Waals surface area contributed by atoms with E-state index in [-0.39, 0.29) is 12.5 Å². The molecule has 1 aromatic carbocycles. The molecule has 0 aromatic heterocycles. The molecule has 0 bridgehead atoms. The molecule has 0 radical (unpaired) electrons. The third-order valence-corrected chi connectivity index (χ3v) is 7.72. The number of amides is 1. The van der Waals surface area contributed by atoms with Gasteiger partial charge in [0.05, 0.1) is 10.4 Å². The normalized spacial score (nSPS) is 26.5. The van der Waals surface area contributed by atoms with Crippen LogP contribution in [-0.4, -0.2) is 32.2 Å². The standard InChI is InChI=1S/C16H22N2O4S/c1-11-9-16(11,2)23(20,21)18-8-4-5-12-13(18)6-3-7-14(12)22-10-15(17)19/h3,6-7,11H,4-5,8-10H2,1-2H3,(H2,17,19)/t11-,16-/m1/s1. The molecule has 1 aliphatic heterocycles. The number of nitrogens with zero attached hydrogens (tertiary/aromatic N) is 1. The van der Waals surface area contributed by atoms with Gasteiger partial charge in [-0.1, -0.05) is 13.0 Å². The van der Waals surface area contributed by atoms with Crippen LogP contribution < -0.4 is 14.8 Å². The Morgan fingerprint density at radius 2 is 2.17 bits per heavy atom. The molecule has 1 amide bonds. The summed E-state index contributed by atoms with van der Waals surface area (Å²) in [6.07, 6.45) is 2.15. The number of rotatable bonds is 5. The maximum atomic E-state index is 13.0. The quantitative estimate of drug-likeness (QED) is 0.879. The Morgan fingerprint density at radius 1 is 1.48 bits per heavy atom. The number of anilines is 1. The Balaban J connectivity index is 1.97. The fourth-order valence-corrected chi connectivity index (χ4v) is 5.52. The highest BCUT2D eigenvalue weighted by atomic mass is 32.2. The fourth-order valence-electron chi connectivity index (χ4n) is 3.25. The smallest absolute Gasteiger partial charge is 0.255 e. The van der Waals surface area contributed by atoms with Crippen molar-refractivity contribution >= 4 is 21.6 Å². The Bertz CT molecular complexity index is 746. The van der Waals surface area contributed by atoms with Gasteiger partial charge in [-0.25, -0.2) is 8.42 Å². The SMILES string of the molecule is C[C@@H]1C[C@@]1(C)S(=O)(=O)N1CCCc2c(OCC(N)=O)cccc21. The molecule has 3 rings (SSSR count). The number of fused-ring (bicyclic) bond motifs is 1. The number of hydrogen-bond donors (Lipinski definition) is 1. The van der Waals surface area contributed by atoms with Crippen molar-refractivity contribution in [1.82, 2.24) is 0 Å². The first-order chi connectivity index (χ1) is 10.8. The molecule has 0 spiro atoms. The number of hydrogen-bond acceptors (Lipinski definition) is 4. The number of ether oxygens (including phenoxy) is 1. The number of sulfonamides is 1. The molecule has 1 fully saturated rings. The first-order valence-electron chi connectivity index (χ1n) is 7.82. The summed E-state index contributed by atoms with van der Waals surface area (Å²) in [6, 6.07) is 5.31. The molecule has 0 unspecified atom stereocenters. The van der Waals surface area contributed by atoms with Gasteiger partial charge in [-0.05, 0) is 44.2 Å². The zero-order valence-corrected chi connectivity index (χ0v) is 14.2. The Morgan fingerprint density at radius 3 is 2.78 bits per heavy atom. The number of carbonyl (C=O) groups is 1. The van der Waals surface area contributed by atoms with E-state index < -0.39 is 20.7 Å². The predicted molar refractivity (Wildman–Crippen MR) is 87.9 cm³/mol. The second-order valence-electron chi connectivity index (χ2n) is 6.61. The van der Waals surface area contributed by atoms with Gasteiger partial charge in [0.1, 0.15) is 5.75 Å². The van der Waals surface area contributed by atoms with Crippen molar-refractivity contribution < 1.29 is 17.9 Å². The summed E-state index contributed by atoms with van der Waals surface area (Å²) in [5.74, 6) is 0.157. The zero-order valence-electron chi connectivity index (χ0n) is 13.4. The molecule has 1 aromatic rings. The lowest BCUT2D eigenvalue weighted by atomic mass is 10.0. The highest BCUT2D eigenvalue weighted by Gasteiger charge is 2.59. The zero-order chi connectivity index (χ0) is 16.8. The summed E-state index contributed by atoms with van der Waals surface area (Å²) >= 11 is 0. The average molecular weight is 338 g/mol. The van der Waals surface area contributed by atoms with Gasteiger partial charge < -0.3 is 10.5 Å². The molecule has 2 aliphatic rings. The molecular weight excluding hydrogens is 316 g/mol. The van der Waals surface area contributed by atoms with E-state index >= 15 is 0 Å². The molecule has 0 saturated heterocycles. The number of carbonyl (C=O) groups excluding carboxylic acids is 1. The number of nitrogens with two attached hydrogens (primary N) is 1. The second-order valence-corrected chi connectivity index (χ2v) is 8.93. The fraction of sp³-hybridized carbons (Fsp3) is 0.562. The largest absolute Gasteiger partial charge is 0.483 e. The van der Waals surface area contributed by atoms with E-state index in [1.807, 2.05) is 13.8 Å². The van der Waals surface area contributed by atoms with Gasteiger partial charge in [-0.3, -0.25) is 9.10 Å². The van der Waals surface area contributed by atoms with Crippen molar-refractivity contribution in [3.63, 3.8) is 0 Å². The molecule has 1 saturated carbocycles. The molecule has 1 aliphatic carbocycles. The minimum Gasteiger partial charge on any atom is -0.483 e. The molecule has 2 N–H and O–H groups in total. The predicted octanol–water partition coefficient (Wildman–Crippen LogP) is 1.43. The molecule has 7 heteroatoms. The average Bonchev–Trinajstić information content (AvgIpc) is 3.13. The third kappa shape index (κ3) is 2.56. The van der Waals surface area contributed by atoms with Crippen LogP contribution in [0.4, 0.5) is 5.69 Å². The van der Waals surface area contributed by atoms with Crippen molar-refractivity contribution in [3.8, 4) is 5.75 Å². The van der Waals surface area contributed by atoms with E-state index in [9.17, 15) is 13.2 Å². The van der Waals surface area contributed by atoms with Crippen LogP contribution >= 0.6 is 0 Å². The van der Waals surface area contributed by atoms with Crippen molar-refractivity contribution in [2.45, 2.75) is 37.9 Å². The summed E-state index contributed by atoms with van der Waals surface area (Å²) in [7, 11) is -3.41. The van der Waals surface area contributed by atoms with Crippen molar-refractivity contribution in [2.24, 2.45) is 11.7 Å². The maximum Gasteiger partial charge on any atom is 0.255 e. The summed E-state index contributed by atoms with van der Waals surface area (Å²) in [5.41, 5.74) is 6.62. The Kier molecular flexibility index (Phi) is 3.78. The summed E-state index contributed by atoms with van der Waals surface area (Å²) < 4.78 is 32.4. The monoisotopic (exact) mass is 338 g/mol. The van der Waals surface area contributed by atoms with E-state index in [1.54, 1.807) is 18.2 Å². The first kappa shape index (κ1) is 16.1. The maximum absolute atomic E-state index is 13.0. The van der Waals surface area contributed by atoms with Crippen molar-refractivity contribution in [2.75, 3.05) is 17.5 Å². The van der Waals surface area contributed by atoms with Crippen LogP contribution in [0.3, 0.4) is 0 Å². The van der Waals surface area contributed by atoms with Crippen LogP contribution in [-0.2, 0) is 21.2 Å². The number of primary amides is 1. The topological polar surface area (TPSA) is 89.7 Å². The van der Waals surface area contributed by atoms with Gasteiger partial charge in [-0.2, -0.15) is 0 Å². The Hall–Kier alpha value is -1.76. The minimum atomic E-state index is -3.41. The first-order valence-corrected chi connectivity index (χ1v) is 9.26. The van der Waals surface area contributed by atoms with Crippen LogP contribution in [0.2, 0.25) is 0 Å². The van der Waals surface area contributed by atoms with E-state index in [1.165, 1.54) is 4.31 Å². The van der Waals surface area contributed by atoms with E-state index in [0.717, 1.165) is 18.4 Å². The number of benzene rings is 1. The third-order valence-electron chi connectivity index (χ3n) is 5.01. The summed E-state index contributed by atoms with van der Waals surface area (Å²) in [4.78, 5) is 10.9. The van der Waals surface area contributed by atoms with E-state index in [4.69, 9.17) is 10.5 Å². The van der Waals surface area contributed by atoms with E-state index in [2.05, 4.69) is 0 Å². The molecule has 6 nitrogen and oxygen atoms in total. The summed E-state index contributed by atoms with van der Waals surface area (Å²) in [5, 5.41) is 0. The van der Waals surface area contributed by atoms with Crippen LogP contribution in [0.15, 0.2) is 18.2 Å². The Labute approximate surface area is 136 Å². The molecular formula is C16H22N2O4S. The molecule has 1 heterocycles. The van der Waals surface area contributed by atoms with Gasteiger partial charge in [-0.15, -0.1) is 0 Å². The second kappa shape index (κ2) is 5.40. The van der Waals surface area contributed by atoms with Crippen LogP contribution in [0.1, 0.15) is 32.3 Å². The minimum absolute atomic E-state index is 0.173. The molecule has 23 heavy (non-hydrogen) atoms. The van der Waals surface area contributed by atoms with Gasteiger partial charge in [0.15, 0.2) is 6.61 Å².